The zero-order chi connectivity index (χ0) is 22.0. The van der Waals surface area contributed by atoms with Crippen LogP contribution in [0.15, 0.2) is 42.7 Å². The predicted octanol–water partition coefficient (Wildman–Crippen LogP) is 4.41. The Morgan fingerprint density at radius 2 is 1.48 bits per heavy atom. The lowest BCUT2D eigenvalue weighted by Crippen LogP contribution is -2.50. The zero-order valence-electron chi connectivity index (χ0n) is 14.4. The Hall–Kier alpha value is -3.18. The minimum absolute atomic E-state index is 0.0636. The maximum atomic E-state index is 14.0. The molecule has 0 bridgehead atoms. The van der Waals surface area contributed by atoms with Crippen LogP contribution >= 0.6 is 0 Å². The molecular weight excluding hydrogens is 413 g/mol. The molecule has 1 heterocycles. The van der Waals surface area contributed by atoms with Gasteiger partial charge in [-0.2, -0.15) is 26.3 Å². The van der Waals surface area contributed by atoms with E-state index in [4.69, 9.17) is 0 Å². The van der Waals surface area contributed by atoms with E-state index in [1.54, 1.807) is 0 Å². The highest BCUT2D eigenvalue weighted by Gasteiger charge is 2.73. The molecule has 2 aromatic rings. The van der Waals surface area contributed by atoms with E-state index in [0.717, 1.165) is 13.3 Å². The molecule has 0 atom stereocenters. The summed E-state index contributed by atoms with van der Waals surface area (Å²) in [5, 5.41) is 2.24. The largest absolute Gasteiger partial charge is 0.465 e. The van der Waals surface area contributed by atoms with Crippen LogP contribution in [0.1, 0.15) is 26.3 Å². The van der Waals surface area contributed by atoms with Crippen molar-refractivity contribution in [2.45, 2.75) is 18.0 Å². The van der Waals surface area contributed by atoms with Gasteiger partial charge in [-0.05, 0) is 18.2 Å². The number of amides is 1. The molecule has 1 amide bonds. The van der Waals surface area contributed by atoms with Gasteiger partial charge in [0.05, 0.1) is 12.8 Å². The second-order valence-corrected chi connectivity index (χ2v) is 5.60. The van der Waals surface area contributed by atoms with E-state index in [2.05, 4.69) is 15.0 Å². The van der Waals surface area contributed by atoms with Crippen LogP contribution in [0.25, 0.3) is 0 Å². The first-order valence-corrected chi connectivity index (χ1v) is 7.59. The third-order valence-electron chi connectivity index (χ3n) is 3.80. The van der Waals surface area contributed by atoms with Crippen molar-refractivity contribution in [1.29, 1.82) is 0 Å². The minimum atomic E-state index is -6.26. The average Bonchev–Trinajstić information content (AvgIpc) is 2.65. The summed E-state index contributed by atoms with van der Waals surface area (Å²) in [5.41, 5.74) is -7.91. The van der Waals surface area contributed by atoms with Crippen molar-refractivity contribution in [2.75, 3.05) is 12.4 Å². The summed E-state index contributed by atoms with van der Waals surface area (Å²) < 4.78 is 95.1. The second-order valence-electron chi connectivity index (χ2n) is 5.60. The number of esters is 1. The van der Waals surface area contributed by atoms with Crippen molar-refractivity contribution in [1.82, 2.24) is 4.98 Å². The van der Waals surface area contributed by atoms with Crippen molar-refractivity contribution in [3.8, 4) is 0 Å². The molecule has 5 nitrogen and oxygen atoms in total. The van der Waals surface area contributed by atoms with Crippen molar-refractivity contribution in [3.63, 3.8) is 0 Å². The Bertz CT molecular complexity index is 894. The summed E-state index contributed by atoms with van der Waals surface area (Å²) in [4.78, 5) is 27.5. The number of methoxy groups -OCH3 is 1. The summed E-state index contributed by atoms with van der Waals surface area (Å²) in [6.45, 7) is 0. The number of halogens is 7. The molecule has 0 saturated carbocycles. The third kappa shape index (κ3) is 4.15. The van der Waals surface area contributed by atoms with Crippen molar-refractivity contribution in [2.24, 2.45) is 0 Å². The number of pyridine rings is 1. The predicted molar refractivity (Wildman–Crippen MR) is 84.9 cm³/mol. The molecule has 1 aromatic carbocycles. The van der Waals surface area contributed by atoms with Gasteiger partial charge >= 0.3 is 24.0 Å². The maximum Gasteiger partial charge on any atom is 0.435 e. The maximum absolute atomic E-state index is 14.0. The Balaban J connectivity index is 2.34. The molecule has 1 N–H and O–H groups in total. The van der Waals surface area contributed by atoms with Crippen LogP contribution in [0, 0.1) is 0 Å². The fraction of sp³-hybridized carbons (Fsp3) is 0.235. The number of hydrogen-bond acceptors (Lipinski definition) is 4. The van der Waals surface area contributed by atoms with Crippen LogP contribution in [-0.2, 0) is 10.4 Å². The topological polar surface area (TPSA) is 68.3 Å². The van der Waals surface area contributed by atoms with Gasteiger partial charge in [-0.1, -0.05) is 12.1 Å². The van der Waals surface area contributed by atoms with Gasteiger partial charge in [-0.3, -0.25) is 9.78 Å². The molecule has 0 unspecified atom stereocenters. The van der Waals surface area contributed by atoms with E-state index in [1.165, 1.54) is 12.3 Å². The molecule has 2 rings (SSSR count). The van der Waals surface area contributed by atoms with Crippen LogP contribution in [-0.4, -0.2) is 36.3 Å². The van der Waals surface area contributed by atoms with Gasteiger partial charge in [0, 0.05) is 23.5 Å². The summed E-state index contributed by atoms with van der Waals surface area (Å²) in [6.07, 6.45) is -10.2. The van der Waals surface area contributed by atoms with Gasteiger partial charge < -0.3 is 10.1 Å². The number of benzene rings is 1. The van der Waals surface area contributed by atoms with Gasteiger partial charge in [0.1, 0.15) is 5.56 Å². The van der Waals surface area contributed by atoms with Crippen LogP contribution in [0.2, 0.25) is 0 Å². The number of nitrogens with zero attached hydrogens (tertiary/aromatic N) is 1. The number of aromatic nitrogens is 1. The lowest BCUT2D eigenvalue weighted by Gasteiger charge is -2.30. The number of alkyl halides is 7. The molecule has 0 aliphatic rings. The summed E-state index contributed by atoms with van der Waals surface area (Å²) in [5.74, 6) is -1.82. The van der Waals surface area contributed by atoms with Gasteiger partial charge in [0.2, 0.25) is 0 Å². The third-order valence-corrected chi connectivity index (χ3v) is 3.80. The molecule has 29 heavy (non-hydrogen) atoms. The van der Waals surface area contributed by atoms with Gasteiger partial charge in [0.25, 0.3) is 5.91 Å². The monoisotopic (exact) mass is 424 g/mol. The molecule has 0 saturated heterocycles. The number of hydrogen-bond donors (Lipinski definition) is 1. The van der Waals surface area contributed by atoms with E-state index in [0.29, 0.717) is 12.1 Å². The zero-order valence-corrected chi connectivity index (χ0v) is 14.4. The standard InChI is InChI=1S/C17H11F7N2O3/c1-29-14(28)11-8-25-7-6-12(11)26-13(27)9-2-4-10(5-3-9)15(18,16(19,20)21)17(22,23)24/h2-8H,1H3,(H,25,26,27). The van der Waals surface area contributed by atoms with E-state index >= 15 is 0 Å². The number of carbonyl (C=O) groups is 2. The highest BCUT2D eigenvalue weighted by Crippen LogP contribution is 2.53. The lowest BCUT2D eigenvalue weighted by molar-refractivity contribution is -0.348. The Morgan fingerprint density at radius 1 is 0.931 bits per heavy atom. The number of nitrogens with one attached hydrogen (secondary N) is 1. The quantitative estimate of drug-likeness (QED) is 0.583. The van der Waals surface area contributed by atoms with E-state index < -0.39 is 35.5 Å². The van der Waals surface area contributed by atoms with Crippen LogP contribution in [0.3, 0.4) is 0 Å². The Kier molecular flexibility index (Phi) is 5.86. The van der Waals surface area contributed by atoms with Gasteiger partial charge in [-0.25, -0.2) is 9.18 Å². The van der Waals surface area contributed by atoms with E-state index in [9.17, 15) is 40.3 Å². The summed E-state index contributed by atoms with van der Waals surface area (Å²) in [7, 11) is 1.07. The number of ether oxygens (including phenoxy) is 1. The molecular formula is C17H11F7N2O3. The minimum Gasteiger partial charge on any atom is -0.465 e. The van der Waals surface area contributed by atoms with Crippen LogP contribution < -0.4 is 5.32 Å². The second kappa shape index (κ2) is 7.68. The van der Waals surface area contributed by atoms with Gasteiger partial charge in [0.15, 0.2) is 0 Å². The molecule has 0 spiro atoms. The van der Waals surface area contributed by atoms with Crippen molar-refractivity contribution >= 4 is 17.6 Å². The van der Waals surface area contributed by atoms with Crippen molar-refractivity contribution < 1.29 is 45.1 Å². The normalized spacial score (nSPS) is 12.4. The fourth-order valence-electron chi connectivity index (χ4n) is 2.31. The number of rotatable bonds is 4. The first-order valence-electron chi connectivity index (χ1n) is 7.59. The highest BCUT2D eigenvalue weighted by atomic mass is 19.4. The molecule has 156 valence electrons. The molecule has 0 fully saturated rings. The highest BCUT2D eigenvalue weighted by molar-refractivity contribution is 6.07. The number of carbonyl (C=O) groups excluding carboxylic acids is 2. The average molecular weight is 424 g/mol. The molecule has 1 aromatic heterocycles. The van der Waals surface area contributed by atoms with Crippen molar-refractivity contribution in [3.05, 3.63) is 59.4 Å². The smallest absolute Gasteiger partial charge is 0.435 e. The first kappa shape index (κ1) is 22.1. The van der Waals surface area contributed by atoms with Gasteiger partial charge in [-0.15, -0.1) is 0 Å². The lowest BCUT2D eigenvalue weighted by atomic mass is 9.93. The number of anilines is 1. The van der Waals surface area contributed by atoms with E-state index in [1.807, 2.05) is 0 Å². The molecule has 0 radical (unpaired) electrons. The molecule has 12 heteroatoms. The molecule has 0 aliphatic carbocycles. The molecule has 0 aliphatic heterocycles. The van der Waals surface area contributed by atoms with Crippen LogP contribution in [0.5, 0.6) is 0 Å². The Labute approximate surface area is 158 Å². The SMILES string of the molecule is COC(=O)c1cnccc1NC(=O)c1ccc(C(F)(C(F)(F)F)C(F)(F)F)cc1. The fourth-order valence-corrected chi connectivity index (χ4v) is 2.31. The Morgan fingerprint density at radius 3 is 1.97 bits per heavy atom. The van der Waals surface area contributed by atoms with Crippen LogP contribution in [0.4, 0.5) is 36.4 Å². The summed E-state index contributed by atoms with van der Waals surface area (Å²) >= 11 is 0. The van der Waals surface area contributed by atoms with E-state index in [-0.39, 0.29) is 28.9 Å². The summed E-state index contributed by atoms with van der Waals surface area (Å²) in [6, 6.07) is 2.83. The first-order chi connectivity index (χ1) is 13.3.